The van der Waals surface area contributed by atoms with E-state index in [4.69, 9.17) is 14.2 Å². The number of carbonyl (C=O) groups excluding carboxylic acids is 1. The van der Waals surface area contributed by atoms with Gasteiger partial charge in [0.1, 0.15) is 11.6 Å². The average Bonchev–Trinajstić information content (AvgIpc) is 3.08. The van der Waals surface area contributed by atoms with Crippen molar-refractivity contribution in [2.45, 2.75) is 6.61 Å². The molecule has 0 unspecified atom stereocenters. The molecule has 136 valence electrons. The number of nitrogens with zero attached hydrogens (tertiary/aromatic N) is 1. The van der Waals surface area contributed by atoms with Crippen LogP contribution in [0.15, 0.2) is 36.4 Å². The Morgan fingerprint density at radius 3 is 2.42 bits per heavy atom. The molecule has 2 aromatic carbocycles. The fourth-order valence-corrected chi connectivity index (χ4v) is 3.26. The topological polar surface area (TPSA) is 78.9 Å². The third-order valence-corrected chi connectivity index (χ3v) is 4.58. The summed E-state index contributed by atoms with van der Waals surface area (Å²) in [6.07, 6.45) is -0.586. The molecule has 1 aromatic heterocycles. The van der Waals surface area contributed by atoms with Gasteiger partial charge in [0.25, 0.3) is 0 Å². The van der Waals surface area contributed by atoms with Gasteiger partial charge in [-0.3, -0.25) is 5.32 Å². The van der Waals surface area contributed by atoms with Crippen LogP contribution < -0.4 is 19.5 Å². The maximum absolute atomic E-state index is 11.4. The Labute approximate surface area is 154 Å². The van der Waals surface area contributed by atoms with Crippen molar-refractivity contribution in [2.24, 2.45) is 0 Å². The zero-order valence-electron chi connectivity index (χ0n) is 14.6. The molecule has 8 heteroatoms. The number of hydrogen-bond acceptors (Lipinski definition) is 7. The van der Waals surface area contributed by atoms with Gasteiger partial charge >= 0.3 is 6.09 Å². The Balaban J connectivity index is 1.84. The molecule has 0 fully saturated rings. The van der Waals surface area contributed by atoms with E-state index < -0.39 is 6.09 Å². The van der Waals surface area contributed by atoms with E-state index in [-0.39, 0.29) is 6.61 Å². The standard InChI is InChI=1S/C18H18N2O5S/c1-22-13-8-11(19-18(21)24-3)9-14(23-2)17(13)25-10-16-20-12-6-4-5-7-15(12)26-16/h4-9H,10H2,1-3H3,(H,19,21). The molecular weight excluding hydrogens is 356 g/mol. The predicted molar refractivity (Wildman–Crippen MR) is 99.5 cm³/mol. The molecule has 3 aromatic rings. The summed E-state index contributed by atoms with van der Waals surface area (Å²) in [7, 11) is 4.32. The second-order valence-electron chi connectivity index (χ2n) is 5.19. The Morgan fingerprint density at radius 2 is 1.81 bits per heavy atom. The SMILES string of the molecule is COC(=O)Nc1cc(OC)c(OCc2nc3ccccc3s2)c(OC)c1. The van der Waals surface area contributed by atoms with Gasteiger partial charge < -0.3 is 18.9 Å². The number of amides is 1. The van der Waals surface area contributed by atoms with Crippen LogP contribution in [0.5, 0.6) is 17.2 Å². The second kappa shape index (κ2) is 7.92. The predicted octanol–water partition coefficient (Wildman–Crippen LogP) is 4.07. The number of anilines is 1. The van der Waals surface area contributed by atoms with Crippen LogP contribution in [0.2, 0.25) is 0 Å². The highest BCUT2D eigenvalue weighted by atomic mass is 32.1. The molecule has 0 bridgehead atoms. The van der Waals surface area contributed by atoms with Crippen LogP contribution in [-0.4, -0.2) is 32.4 Å². The fourth-order valence-electron chi connectivity index (χ4n) is 2.38. The molecule has 26 heavy (non-hydrogen) atoms. The number of methoxy groups -OCH3 is 3. The van der Waals surface area contributed by atoms with Gasteiger partial charge in [-0.1, -0.05) is 12.1 Å². The number of carbonyl (C=O) groups is 1. The molecule has 0 aliphatic carbocycles. The third-order valence-electron chi connectivity index (χ3n) is 3.57. The monoisotopic (exact) mass is 374 g/mol. The molecule has 1 amide bonds. The van der Waals surface area contributed by atoms with Crippen LogP contribution in [0.4, 0.5) is 10.5 Å². The number of hydrogen-bond donors (Lipinski definition) is 1. The van der Waals surface area contributed by atoms with Crippen molar-refractivity contribution < 1.29 is 23.7 Å². The van der Waals surface area contributed by atoms with Gasteiger partial charge in [0.15, 0.2) is 11.5 Å². The van der Waals surface area contributed by atoms with Crippen LogP contribution >= 0.6 is 11.3 Å². The summed E-state index contributed by atoms with van der Waals surface area (Å²) in [4.78, 5) is 16.0. The summed E-state index contributed by atoms with van der Waals surface area (Å²) in [6, 6.07) is 11.2. The van der Waals surface area contributed by atoms with Gasteiger partial charge in [0, 0.05) is 12.1 Å². The maximum atomic E-state index is 11.4. The van der Waals surface area contributed by atoms with Gasteiger partial charge in [0.2, 0.25) is 5.75 Å². The van der Waals surface area contributed by atoms with E-state index in [1.54, 1.807) is 23.5 Å². The summed E-state index contributed by atoms with van der Waals surface area (Å²) in [5.41, 5.74) is 1.41. The highest BCUT2D eigenvalue weighted by Gasteiger charge is 2.16. The molecule has 0 saturated heterocycles. The molecule has 0 saturated carbocycles. The Bertz CT molecular complexity index is 867. The van der Waals surface area contributed by atoms with Crippen molar-refractivity contribution >= 4 is 33.3 Å². The van der Waals surface area contributed by atoms with Crippen LogP contribution in [0.3, 0.4) is 0 Å². The van der Waals surface area contributed by atoms with Crippen LogP contribution in [0.1, 0.15) is 5.01 Å². The van der Waals surface area contributed by atoms with Crippen molar-refractivity contribution in [1.82, 2.24) is 4.98 Å². The first-order valence-corrected chi connectivity index (χ1v) is 8.54. The molecule has 0 aliphatic rings. The fraction of sp³-hybridized carbons (Fsp3) is 0.222. The van der Waals surface area contributed by atoms with Crippen LogP contribution in [0, 0.1) is 0 Å². The molecular formula is C18H18N2O5S. The molecule has 0 spiro atoms. The van der Waals surface area contributed by atoms with Crippen molar-refractivity contribution in [3.63, 3.8) is 0 Å². The van der Waals surface area contributed by atoms with Crippen LogP contribution in [0.25, 0.3) is 10.2 Å². The number of benzene rings is 2. The molecule has 1 N–H and O–H groups in total. The highest BCUT2D eigenvalue weighted by molar-refractivity contribution is 7.18. The molecule has 0 atom stereocenters. The first-order valence-electron chi connectivity index (χ1n) is 7.73. The average molecular weight is 374 g/mol. The minimum Gasteiger partial charge on any atom is -0.493 e. The minimum absolute atomic E-state index is 0.274. The number of thiazole rings is 1. The highest BCUT2D eigenvalue weighted by Crippen LogP contribution is 2.41. The number of aromatic nitrogens is 1. The quantitative estimate of drug-likeness (QED) is 0.701. The van der Waals surface area contributed by atoms with E-state index >= 15 is 0 Å². The van der Waals surface area contributed by atoms with Gasteiger partial charge in [0.05, 0.1) is 37.2 Å². The third kappa shape index (κ3) is 3.80. The lowest BCUT2D eigenvalue weighted by Gasteiger charge is -2.15. The van der Waals surface area contributed by atoms with Gasteiger partial charge in [-0.05, 0) is 12.1 Å². The van der Waals surface area contributed by atoms with Crippen molar-refractivity contribution in [3.8, 4) is 17.2 Å². The summed E-state index contributed by atoms with van der Waals surface area (Å²) in [5, 5.41) is 3.41. The number of ether oxygens (including phenoxy) is 4. The Kier molecular flexibility index (Phi) is 5.43. The largest absolute Gasteiger partial charge is 0.493 e. The van der Waals surface area contributed by atoms with Crippen LogP contribution in [-0.2, 0) is 11.3 Å². The first kappa shape index (κ1) is 17.8. The second-order valence-corrected chi connectivity index (χ2v) is 6.31. The number of fused-ring (bicyclic) bond motifs is 1. The molecule has 0 radical (unpaired) electrons. The molecule has 7 nitrogen and oxygen atoms in total. The normalized spacial score (nSPS) is 10.4. The first-order chi connectivity index (χ1) is 12.6. The maximum Gasteiger partial charge on any atom is 0.411 e. The number of para-hydroxylation sites is 1. The summed E-state index contributed by atoms with van der Waals surface area (Å²) in [5.74, 6) is 1.29. The zero-order chi connectivity index (χ0) is 18.5. The lowest BCUT2D eigenvalue weighted by atomic mass is 10.2. The van der Waals surface area contributed by atoms with E-state index in [2.05, 4.69) is 15.0 Å². The zero-order valence-corrected chi connectivity index (χ0v) is 15.4. The van der Waals surface area contributed by atoms with E-state index in [0.29, 0.717) is 22.9 Å². The summed E-state index contributed by atoms with van der Waals surface area (Å²) in [6.45, 7) is 0.274. The van der Waals surface area contributed by atoms with Gasteiger partial charge in [-0.15, -0.1) is 11.3 Å². The summed E-state index contributed by atoms with van der Waals surface area (Å²) >= 11 is 1.57. The number of rotatable bonds is 6. The van der Waals surface area contributed by atoms with E-state index in [1.807, 2.05) is 24.3 Å². The summed E-state index contributed by atoms with van der Waals surface area (Å²) < 4.78 is 22.4. The molecule has 1 heterocycles. The van der Waals surface area contributed by atoms with E-state index in [0.717, 1.165) is 15.2 Å². The van der Waals surface area contributed by atoms with Crippen molar-refractivity contribution in [3.05, 3.63) is 41.4 Å². The Morgan fingerprint density at radius 1 is 1.12 bits per heavy atom. The lowest BCUT2D eigenvalue weighted by Crippen LogP contribution is -2.11. The van der Waals surface area contributed by atoms with Gasteiger partial charge in [-0.2, -0.15) is 0 Å². The van der Waals surface area contributed by atoms with Crippen molar-refractivity contribution in [2.75, 3.05) is 26.6 Å². The van der Waals surface area contributed by atoms with Gasteiger partial charge in [-0.25, -0.2) is 9.78 Å². The molecule has 0 aliphatic heterocycles. The van der Waals surface area contributed by atoms with E-state index in [9.17, 15) is 4.79 Å². The smallest absolute Gasteiger partial charge is 0.411 e. The van der Waals surface area contributed by atoms with E-state index in [1.165, 1.54) is 21.3 Å². The minimum atomic E-state index is -0.586. The lowest BCUT2D eigenvalue weighted by molar-refractivity contribution is 0.187. The molecule has 3 rings (SSSR count). The Hall–Kier alpha value is -3.00. The van der Waals surface area contributed by atoms with Crippen molar-refractivity contribution in [1.29, 1.82) is 0 Å². The number of nitrogens with one attached hydrogen (secondary N) is 1.